The first-order chi connectivity index (χ1) is 7.00. The lowest BCUT2D eigenvalue weighted by molar-refractivity contribution is -0.849. The van der Waals surface area contributed by atoms with E-state index in [4.69, 9.17) is 24.0 Å². The molecule has 0 bridgehead atoms. The number of carbonyl (C=O) groups is 5. The van der Waals surface area contributed by atoms with Crippen LogP contribution in [0.5, 0.6) is 0 Å². The largest absolute Gasteiger partial charge is 0.333 e. The second-order valence-corrected chi connectivity index (χ2v) is 2.68. The Morgan fingerprint density at radius 3 is 0.467 bits per heavy atom. The molecular formula is C9H22NO5+. The van der Waals surface area contributed by atoms with Crippen LogP contribution >= 0.6 is 0 Å². The molecule has 0 unspecified atom stereocenters. The molecular weight excluding hydrogens is 202 g/mol. The SMILES string of the molecule is C=O.C=O.C=O.C=O.C=O.C[N+](C)(C)C. The van der Waals surface area contributed by atoms with Gasteiger partial charge in [-0.2, -0.15) is 0 Å². The summed E-state index contributed by atoms with van der Waals surface area (Å²) in [6, 6.07) is 0. The van der Waals surface area contributed by atoms with Gasteiger partial charge in [-0.05, 0) is 0 Å². The van der Waals surface area contributed by atoms with E-state index < -0.39 is 0 Å². The molecule has 15 heavy (non-hydrogen) atoms. The van der Waals surface area contributed by atoms with Crippen LogP contribution in [-0.4, -0.2) is 66.6 Å². The molecule has 0 aromatic carbocycles. The molecule has 0 spiro atoms. The van der Waals surface area contributed by atoms with Crippen molar-refractivity contribution in [2.75, 3.05) is 28.2 Å². The van der Waals surface area contributed by atoms with Crippen molar-refractivity contribution in [3.8, 4) is 0 Å². The standard InChI is InChI=1S/C4H12N.5CH2O/c1-5(2,3)4;5*1-2/h1-4H3;5*1H2/q+1;;;;;. The van der Waals surface area contributed by atoms with Crippen LogP contribution in [0, 0.1) is 0 Å². The monoisotopic (exact) mass is 224 g/mol. The Balaban J connectivity index is -0.0000000177. The normalized spacial score (nSPS) is 5.33. The number of hydrogen-bond acceptors (Lipinski definition) is 5. The highest BCUT2D eigenvalue weighted by Gasteiger charge is 1.88. The maximum Gasteiger partial charge on any atom is 0.106 e. The van der Waals surface area contributed by atoms with Gasteiger partial charge in [-0.15, -0.1) is 0 Å². The van der Waals surface area contributed by atoms with Gasteiger partial charge in [-0.3, -0.25) is 0 Å². The molecule has 0 rings (SSSR count). The average molecular weight is 224 g/mol. The summed E-state index contributed by atoms with van der Waals surface area (Å²) in [5.41, 5.74) is 0. The fourth-order valence-corrected chi connectivity index (χ4v) is 0. The lowest BCUT2D eigenvalue weighted by Gasteiger charge is -2.14. The van der Waals surface area contributed by atoms with Crippen LogP contribution < -0.4 is 0 Å². The zero-order chi connectivity index (χ0) is 14.5. The van der Waals surface area contributed by atoms with Gasteiger partial charge in [0.15, 0.2) is 0 Å². The molecule has 6 heteroatoms. The third kappa shape index (κ3) is 458. The van der Waals surface area contributed by atoms with Crippen molar-refractivity contribution < 1.29 is 28.5 Å². The van der Waals surface area contributed by atoms with Gasteiger partial charge in [0.05, 0.1) is 28.2 Å². The van der Waals surface area contributed by atoms with Crippen molar-refractivity contribution >= 4 is 33.9 Å². The first kappa shape index (κ1) is 37.7. The first-order valence-corrected chi connectivity index (χ1v) is 3.23. The minimum Gasteiger partial charge on any atom is -0.333 e. The Labute approximate surface area is 91.5 Å². The molecule has 0 saturated carbocycles. The van der Waals surface area contributed by atoms with Gasteiger partial charge >= 0.3 is 0 Å². The maximum absolute atomic E-state index is 8.00. The van der Waals surface area contributed by atoms with E-state index in [1.54, 1.807) is 0 Å². The summed E-state index contributed by atoms with van der Waals surface area (Å²) >= 11 is 0. The molecule has 92 valence electrons. The van der Waals surface area contributed by atoms with Crippen LogP contribution in [0.1, 0.15) is 0 Å². The topological polar surface area (TPSA) is 85.3 Å². The minimum absolute atomic E-state index is 1.00. The Kier molecular flexibility index (Phi) is 213. The van der Waals surface area contributed by atoms with Crippen molar-refractivity contribution in [1.82, 2.24) is 0 Å². The van der Waals surface area contributed by atoms with Gasteiger partial charge in [-0.1, -0.05) is 0 Å². The van der Waals surface area contributed by atoms with E-state index in [-0.39, 0.29) is 0 Å². The Morgan fingerprint density at radius 1 is 0.467 bits per heavy atom. The summed E-state index contributed by atoms with van der Waals surface area (Å²) in [5.74, 6) is 0. The Bertz CT molecular complexity index is 67.5. The molecule has 0 N–H and O–H groups in total. The number of carbonyl (C=O) groups excluding carboxylic acids is 5. The fourth-order valence-electron chi connectivity index (χ4n) is 0. The Hall–Kier alpha value is -1.69. The van der Waals surface area contributed by atoms with E-state index >= 15 is 0 Å². The molecule has 0 amide bonds. The van der Waals surface area contributed by atoms with Crippen molar-refractivity contribution in [3.63, 3.8) is 0 Å². The summed E-state index contributed by atoms with van der Waals surface area (Å²) in [5, 5.41) is 0. The van der Waals surface area contributed by atoms with Crippen molar-refractivity contribution in [3.05, 3.63) is 0 Å². The van der Waals surface area contributed by atoms with Gasteiger partial charge in [0.25, 0.3) is 0 Å². The van der Waals surface area contributed by atoms with Gasteiger partial charge in [0.2, 0.25) is 0 Å². The van der Waals surface area contributed by atoms with E-state index in [0.29, 0.717) is 0 Å². The second-order valence-electron chi connectivity index (χ2n) is 2.68. The molecule has 0 aliphatic heterocycles. The molecule has 0 atom stereocenters. The van der Waals surface area contributed by atoms with E-state index in [2.05, 4.69) is 28.2 Å². The number of rotatable bonds is 0. The molecule has 0 fully saturated rings. The summed E-state index contributed by atoms with van der Waals surface area (Å²) in [4.78, 5) is 40.0. The zero-order valence-electron chi connectivity index (χ0n) is 10.0. The highest BCUT2D eigenvalue weighted by molar-refractivity contribution is 5.11. The quantitative estimate of drug-likeness (QED) is 0.513. The summed E-state index contributed by atoms with van der Waals surface area (Å²) in [6.07, 6.45) is 0. The predicted octanol–water partition coefficient (Wildman–Crippen LogP) is -0.602. The Morgan fingerprint density at radius 2 is 0.467 bits per heavy atom. The molecule has 0 saturated heterocycles. The van der Waals surface area contributed by atoms with Crippen LogP contribution in [0.3, 0.4) is 0 Å². The van der Waals surface area contributed by atoms with Crippen molar-refractivity contribution in [2.45, 2.75) is 0 Å². The van der Waals surface area contributed by atoms with Crippen LogP contribution in [0.15, 0.2) is 0 Å². The molecule has 0 aliphatic rings. The summed E-state index contributed by atoms with van der Waals surface area (Å²) < 4.78 is 1.00. The van der Waals surface area contributed by atoms with Gasteiger partial charge in [0, 0.05) is 0 Å². The average Bonchev–Trinajstić information content (AvgIpc) is 2.29. The highest BCUT2D eigenvalue weighted by atomic mass is 16.1. The zero-order valence-corrected chi connectivity index (χ0v) is 10.0. The van der Waals surface area contributed by atoms with Crippen molar-refractivity contribution in [1.29, 1.82) is 0 Å². The van der Waals surface area contributed by atoms with Crippen LogP contribution in [0.4, 0.5) is 0 Å². The van der Waals surface area contributed by atoms with Crippen LogP contribution in [0.25, 0.3) is 0 Å². The number of quaternary nitrogens is 1. The third-order valence-electron chi connectivity index (χ3n) is 0. The number of hydrogen-bond donors (Lipinski definition) is 0. The van der Waals surface area contributed by atoms with E-state index in [9.17, 15) is 0 Å². The molecule has 0 aliphatic carbocycles. The van der Waals surface area contributed by atoms with E-state index in [1.807, 2.05) is 33.9 Å². The number of nitrogens with zero attached hydrogens (tertiary/aromatic N) is 1. The van der Waals surface area contributed by atoms with Gasteiger partial charge < -0.3 is 28.5 Å². The summed E-state index contributed by atoms with van der Waals surface area (Å²) in [7, 11) is 8.50. The van der Waals surface area contributed by atoms with E-state index in [0.717, 1.165) is 4.48 Å². The molecule has 0 heterocycles. The summed E-state index contributed by atoms with van der Waals surface area (Å²) in [6.45, 7) is 10.0. The van der Waals surface area contributed by atoms with Gasteiger partial charge in [-0.25, -0.2) is 0 Å². The van der Waals surface area contributed by atoms with E-state index in [1.165, 1.54) is 0 Å². The minimum atomic E-state index is 1.00. The van der Waals surface area contributed by atoms with Gasteiger partial charge in [0.1, 0.15) is 33.9 Å². The van der Waals surface area contributed by atoms with Crippen LogP contribution in [-0.2, 0) is 24.0 Å². The smallest absolute Gasteiger partial charge is 0.106 e. The highest BCUT2D eigenvalue weighted by Crippen LogP contribution is 1.73. The lowest BCUT2D eigenvalue weighted by Crippen LogP contribution is -2.27. The lowest BCUT2D eigenvalue weighted by atomic mass is 10.8. The van der Waals surface area contributed by atoms with Crippen LogP contribution in [0.2, 0.25) is 0 Å². The maximum atomic E-state index is 8.00. The predicted molar refractivity (Wildman–Crippen MR) is 59.6 cm³/mol. The fraction of sp³-hybridized carbons (Fsp3) is 0.444. The molecule has 6 nitrogen and oxygen atoms in total. The third-order valence-corrected chi connectivity index (χ3v) is 0. The molecule has 0 aromatic heterocycles. The van der Waals surface area contributed by atoms with Crippen molar-refractivity contribution in [2.24, 2.45) is 0 Å². The molecule has 0 aromatic rings. The first-order valence-electron chi connectivity index (χ1n) is 3.23. The molecule has 0 radical (unpaired) electrons. The second kappa shape index (κ2) is 84.8.